The standard InChI is InChI=1S/C23H22N8O4/c1-14-18(12-35-25-14)21(32)30-8-9-31-22(33)19-10-15(20-24-26-27-28(20)2)11-29(19)13-23(30,31)16-4-6-17(34-3)7-5-16/h4-7,10-12H,8-9,13H2,1-3H3. The van der Waals surface area contributed by atoms with Crippen molar-refractivity contribution in [2.75, 3.05) is 20.2 Å². The average molecular weight is 474 g/mol. The summed E-state index contributed by atoms with van der Waals surface area (Å²) >= 11 is 0. The molecule has 12 nitrogen and oxygen atoms in total. The number of amides is 2. The molecule has 1 atom stereocenters. The lowest BCUT2D eigenvalue weighted by atomic mass is 9.93. The van der Waals surface area contributed by atoms with Crippen molar-refractivity contribution in [1.82, 2.24) is 39.7 Å². The van der Waals surface area contributed by atoms with Gasteiger partial charge < -0.3 is 23.6 Å². The van der Waals surface area contributed by atoms with E-state index in [0.717, 1.165) is 11.1 Å². The molecule has 6 rings (SSSR count). The minimum atomic E-state index is -1.05. The fourth-order valence-electron chi connectivity index (χ4n) is 5.12. The van der Waals surface area contributed by atoms with E-state index in [2.05, 4.69) is 20.7 Å². The van der Waals surface area contributed by atoms with E-state index in [0.29, 0.717) is 48.2 Å². The molecule has 2 aliphatic heterocycles. The molecular weight excluding hydrogens is 452 g/mol. The molecule has 1 saturated heterocycles. The Morgan fingerprint density at radius 2 is 2.00 bits per heavy atom. The van der Waals surface area contributed by atoms with E-state index in [1.165, 1.54) is 6.26 Å². The molecule has 3 aromatic heterocycles. The highest BCUT2D eigenvalue weighted by Gasteiger charge is 2.56. The first-order valence-electron chi connectivity index (χ1n) is 11.1. The Bertz CT molecular complexity index is 1450. The number of carbonyl (C=O) groups excluding carboxylic acids is 2. The number of hydrogen-bond acceptors (Lipinski definition) is 8. The second-order valence-electron chi connectivity index (χ2n) is 8.64. The number of tetrazole rings is 1. The zero-order valence-corrected chi connectivity index (χ0v) is 19.4. The number of fused-ring (bicyclic) bond motifs is 2. The van der Waals surface area contributed by atoms with Gasteiger partial charge in [-0.25, -0.2) is 4.68 Å². The van der Waals surface area contributed by atoms with Crippen LogP contribution in [0.1, 0.15) is 32.1 Å². The summed E-state index contributed by atoms with van der Waals surface area (Å²) in [6, 6.07) is 9.25. The van der Waals surface area contributed by atoms with Crippen molar-refractivity contribution in [3.05, 3.63) is 65.3 Å². The summed E-state index contributed by atoms with van der Waals surface area (Å²) in [5.41, 5.74) is 1.86. The van der Waals surface area contributed by atoms with E-state index >= 15 is 0 Å². The summed E-state index contributed by atoms with van der Waals surface area (Å²) in [5, 5.41) is 15.6. The van der Waals surface area contributed by atoms with Crippen LogP contribution in [0.25, 0.3) is 11.4 Å². The van der Waals surface area contributed by atoms with Crippen LogP contribution in [0.4, 0.5) is 0 Å². The normalized spacial score (nSPS) is 19.1. The van der Waals surface area contributed by atoms with Gasteiger partial charge in [0.15, 0.2) is 11.5 Å². The van der Waals surface area contributed by atoms with Crippen LogP contribution >= 0.6 is 0 Å². The summed E-state index contributed by atoms with van der Waals surface area (Å²) in [5.74, 6) is 0.809. The van der Waals surface area contributed by atoms with Crippen LogP contribution in [0.2, 0.25) is 0 Å². The van der Waals surface area contributed by atoms with Crippen LogP contribution < -0.4 is 4.74 Å². The predicted octanol–water partition coefficient (Wildman–Crippen LogP) is 1.45. The number of nitrogens with zero attached hydrogens (tertiary/aromatic N) is 8. The van der Waals surface area contributed by atoms with Gasteiger partial charge in [0.2, 0.25) is 0 Å². The van der Waals surface area contributed by atoms with Crippen LogP contribution in [0.3, 0.4) is 0 Å². The van der Waals surface area contributed by atoms with E-state index in [9.17, 15) is 9.59 Å². The third-order valence-corrected chi connectivity index (χ3v) is 6.85. The maximum Gasteiger partial charge on any atom is 0.272 e. The number of carbonyl (C=O) groups is 2. The number of aromatic nitrogens is 6. The molecule has 1 fully saturated rings. The Hall–Kier alpha value is -4.48. The zero-order chi connectivity index (χ0) is 24.3. The van der Waals surface area contributed by atoms with E-state index in [1.54, 1.807) is 41.6 Å². The molecule has 0 aliphatic carbocycles. The molecule has 1 aromatic carbocycles. The van der Waals surface area contributed by atoms with Crippen LogP contribution in [-0.4, -0.2) is 71.7 Å². The predicted molar refractivity (Wildman–Crippen MR) is 120 cm³/mol. The molecule has 0 bridgehead atoms. The van der Waals surface area contributed by atoms with Gasteiger partial charge in [0.25, 0.3) is 11.8 Å². The summed E-state index contributed by atoms with van der Waals surface area (Å²) in [6.07, 6.45) is 3.21. The van der Waals surface area contributed by atoms with E-state index in [4.69, 9.17) is 9.26 Å². The Balaban J connectivity index is 1.52. The van der Waals surface area contributed by atoms with Crippen LogP contribution in [0.5, 0.6) is 5.75 Å². The quantitative estimate of drug-likeness (QED) is 0.435. The van der Waals surface area contributed by atoms with Gasteiger partial charge in [-0.1, -0.05) is 17.3 Å². The highest BCUT2D eigenvalue weighted by molar-refractivity contribution is 5.99. The topological polar surface area (TPSA) is 124 Å². The van der Waals surface area contributed by atoms with Crippen molar-refractivity contribution in [1.29, 1.82) is 0 Å². The van der Waals surface area contributed by atoms with Crippen molar-refractivity contribution < 1.29 is 18.8 Å². The Labute approximate surface area is 199 Å². The van der Waals surface area contributed by atoms with Gasteiger partial charge in [-0.05, 0) is 35.5 Å². The van der Waals surface area contributed by atoms with E-state index in [1.807, 2.05) is 35.0 Å². The lowest BCUT2D eigenvalue weighted by Crippen LogP contribution is -2.60. The molecule has 5 heterocycles. The third-order valence-electron chi connectivity index (χ3n) is 6.85. The Morgan fingerprint density at radius 3 is 2.66 bits per heavy atom. The Morgan fingerprint density at radius 1 is 1.20 bits per heavy atom. The number of benzene rings is 1. The fraction of sp³-hybridized carbons (Fsp3) is 0.304. The summed E-state index contributed by atoms with van der Waals surface area (Å²) in [7, 11) is 3.34. The van der Waals surface area contributed by atoms with Crippen molar-refractivity contribution in [3.8, 4) is 17.1 Å². The molecule has 2 aliphatic rings. The molecule has 2 amide bonds. The van der Waals surface area contributed by atoms with Crippen LogP contribution in [0, 0.1) is 6.92 Å². The fourth-order valence-corrected chi connectivity index (χ4v) is 5.12. The highest BCUT2D eigenvalue weighted by Crippen LogP contribution is 2.44. The number of rotatable bonds is 4. The van der Waals surface area contributed by atoms with Crippen molar-refractivity contribution >= 4 is 11.8 Å². The van der Waals surface area contributed by atoms with Crippen molar-refractivity contribution in [2.24, 2.45) is 7.05 Å². The number of hydrogen-bond donors (Lipinski definition) is 0. The lowest BCUT2D eigenvalue weighted by Gasteiger charge is -2.47. The summed E-state index contributed by atoms with van der Waals surface area (Å²) in [6.45, 7) is 2.81. The van der Waals surface area contributed by atoms with Crippen LogP contribution in [-0.2, 0) is 19.3 Å². The molecule has 1 unspecified atom stereocenters. The van der Waals surface area contributed by atoms with Crippen LogP contribution in [0.15, 0.2) is 47.3 Å². The van der Waals surface area contributed by atoms with Gasteiger partial charge in [-0.2, -0.15) is 0 Å². The van der Waals surface area contributed by atoms with E-state index in [-0.39, 0.29) is 11.8 Å². The SMILES string of the molecule is COc1ccc(C23Cn4cc(-c5nnnn5C)cc4C(=O)N2CCN3C(=O)c2conc2C)cc1. The molecule has 12 heteroatoms. The van der Waals surface area contributed by atoms with Gasteiger partial charge in [-0.3, -0.25) is 9.59 Å². The smallest absolute Gasteiger partial charge is 0.272 e. The first-order chi connectivity index (χ1) is 16.9. The average Bonchev–Trinajstić information content (AvgIpc) is 3.65. The van der Waals surface area contributed by atoms with Gasteiger partial charge in [0.1, 0.15) is 23.3 Å². The monoisotopic (exact) mass is 474 g/mol. The van der Waals surface area contributed by atoms with Gasteiger partial charge in [0, 0.05) is 37.5 Å². The maximum absolute atomic E-state index is 13.8. The largest absolute Gasteiger partial charge is 0.497 e. The maximum atomic E-state index is 13.8. The molecular formula is C23H22N8O4. The zero-order valence-electron chi connectivity index (χ0n) is 19.4. The molecule has 0 saturated carbocycles. The Kier molecular flexibility index (Phi) is 4.53. The van der Waals surface area contributed by atoms with E-state index < -0.39 is 5.66 Å². The molecule has 0 spiro atoms. The molecule has 4 aromatic rings. The number of methoxy groups -OCH3 is 1. The van der Waals surface area contributed by atoms with Gasteiger partial charge >= 0.3 is 0 Å². The number of ether oxygens (including phenoxy) is 1. The highest BCUT2D eigenvalue weighted by atomic mass is 16.5. The summed E-state index contributed by atoms with van der Waals surface area (Å²) in [4.78, 5) is 31.1. The second-order valence-corrected chi connectivity index (χ2v) is 8.64. The summed E-state index contributed by atoms with van der Waals surface area (Å²) < 4.78 is 13.8. The molecule has 178 valence electrons. The molecule has 0 radical (unpaired) electrons. The minimum absolute atomic E-state index is 0.175. The first kappa shape index (κ1) is 21.1. The van der Waals surface area contributed by atoms with Crippen molar-refractivity contribution in [2.45, 2.75) is 19.1 Å². The molecule has 0 N–H and O–H groups in total. The minimum Gasteiger partial charge on any atom is -0.497 e. The lowest BCUT2D eigenvalue weighted by molar-refractivity contribution is -0.00597. The van der Waals surface area contributed by atoms with Gasteiger partial charge in [-0.15, -0.1) is 5.10 Å². The van der Waals surface area contributed by atoms with Gasteiger partial charge in [0.05, 0.1) is 19.3 Å². The second kappa shape index (κ2) is 7.52. The number of aryl methyl sites for hydroxylation is 2. The molecule has 35 heavy (non-hydrogen) atoms. The first-order valence-corrected chi connectivity index (χ1v) is 11.1. The van der Waals surface area contributed by atoms with Crippen molar-refractivity contribution in [3.63, 3.8) is 0 Å². The third kappa shape index (κ3) is 2.92.